The van der Waals surface area contributed by atoms with Crippen LogP contribution in [0.25, 0.3) is 0 Å². The molecule has 0 radical (unpaired) electrons. The van der Waals surface area contributed by atoms with Crippen molar-refractivity contribution in [2.24, 2.45) is 0 Å². The van der Waals surface area contributed by atoms with Gasteiger partial charge in [0, 0.05) is 0 Å². The number of carbonyl (C=O) groups is 2. The number of carboxylic acids is 2. The molecule has 0 aromatic carbocycles. The van der Waals surface area contributed by atoms with Crippen molar-refractivity contribution in [3.63, 3.8) is 0 Å². The van der Waals surface area contributed by atoms with Crippen LogP contribution >= 0.6 is 0 Å². The maximum absolute atomic E-state index is 9.64. The molecule has 5 heteroatoms. The Morgan fingerprint density at radius 3 is 1.44 bits per heavy atom. The molecule has 0 aliphatic rings. The van der Waals surface area contributed by atoms with Gasteiger partial charge in [-0.05, 0) is 0 Å². The van der Waals surface area contributed by atoms with Gasteiger partial charge >= 0.3 is 51.1 Å². The summed E-state index contributed by atoms with van der Waals surface area (Å²) in [5.74, 6) is -2.15. The molecule has 0 aliphatic carbocycles. The van der Waals surface area contributed by atoms with E-state index >= 15 is 0 Å². The van der Waals surface area contributed by atoms with E-state index in [0.29, 0.717) is 0 Å². The number of hydrogen-bond acceptors (Lipinski definition) is 2. The van der Waals surface area contributed by atoms with E-state index < -0.39 is 11.9 Å². The van der Waals surface area contributed by atoms with Gasteiger partial charge in [-0.15, -0.1) is 0 Å². The summed E-state index contributed by atoms with van der Waals surface area (Å²) in [7, 11) is 0. The molecule has 0 aromatic rings. The largest absolute Gasteiger partial charge is 2.00 e. The van der Waals surface area contributed by atoms with Crippen molar-refractivity contribution in [3.05, 3.63) is 0 Å². The molecule has 0 spiro atoms. The summed E-state index contributed by atoms with van der Waals surface area (Å²) >= 11 is 0. The van der Waals surface area contributed by atoms with E-state index in [4.69, 9.17) is 10.2 Å². The fourth-order valence-corrected chi connectivity index (χ4v) is 0.214. The van der Waals surface area contributed by atoms with E-state index in [1.54, 1.807) is 0 Å². The molecule has 0 aromatic heterocycles. The van der Waals surface area contributed by atoms with Crippen LogP contribution < -0.4 is 0 Å². The second kappa shape index (κ2) is 6.32. The third-order valence-corrected chi connectivity index (χ3v) is 0.553. The second-order valence-corrected chi connectivity index (χ2v) is 1.29. The molecule has 0 aliphatic heterocycles. The van der Waals surface area contributed by atoms with Crippen molar-refractivity contribution in [3.8, 4) is 0 Å². The molecule has 9 heavy (non-hydrogen) atoms. The monoisotopic (exact) mass is 159 g/mol. The van der Waals surface area contributed by atoms with E-state index in [9.17, 15) is 9.59 Å². The van der Waals surface area contributed by atoms with Gasteiger partial charge in [-0.2, -0.15) is 0 Å². The Kier molecular flexibility index (Phi) is 8.38. The van der Waals surface area contributed by atoms with Gasteiger partial charge in [0.25, 0.3) is 0 Å². The Morgan fingerprint density at radius 1 is 1.11 bits per heavy atom. The molecule has 0 amide bonds. The van der Waals surface area contributed by atoms with Crippen LogP contribution in [0.5, 0.6) is 0 Å². The first-order chi connectivity index (χ1) is 3.63. The first-order valence-corrected chi connectivity index (χ1v) is 2.06. The van der Waals surface area contributed by atoms with Gasteiger partial charge in [0.1, 0.15) is 0 Å². The number of aliphatic carboxylic acids is 2. The minimum atomic E-state index is -1.08. The smallest absolute Gasteiger partial charge is 0.481 e. The van der Waals surface area contributed by atoms with Gasteiger partial charge in [-0.25, -0.2) is 0 Å². The molecule has 0 fully saturated rings. The van der Waals surface area contributed by atoms with Crippen molar-refractivity contribution in [2.75, 3.05) is 0 Å². The first-order valence-electron chi connectivity index (χ1n) is 2.06. The Bertz CT molecular complexity index is 102. The third kappa shape index (κ3) is 11.7. The molecule has 0 atom stereocenters. The Morgan fingerprint density at radius 2 is 1.33 bits per heavy atom. The number of rotatable bonds is 3. The van der Waals surface area contributed by atoms with Gasteiger partial charge in [0.05, 0.1) is 12.8 Å². The van der Waals surface area contributed by atoms with Crippen molar-refractivity contribution in [1.29, 1.82) is 0 Å². The molecular weight excluding hydrogens is 152 g/mol. The van der Waals surface area contributed by atoms with E-state index in [0.717, 1.165) is 0 Å². The minimum Gasteiger partial charge on any atom is -0.481 e. The van der Waals surface area contributed by atoms with Crippen molar-refractivity contribution >= 4 is 49.7 Å². The summed E-state index contributed by atoms with van der Waals surface area (Å²) in [6, 6.07) is 0. The van der Waals surface area contributed by atoms with Crippen LogP contribution in [0.1, 0.15) is 14.3 Å². The molecule has 0 unspecified atom stereocenters. The second-order valence-electron chi connectivity index (χ2n) is 1.29. The summed E-state index contributed by atoms with van der Waals surface area (Å²) in [5.41, 5.74) is 0. The van der Waals surface area contributed by atoms with Crippen LogP contribution in [-0.4, -0.2) is 59.9 Å². The fraction of sp³-hybridized carbons (Fsp3) is 0.500. The van der Waals surface area contributed by atoms with Gasteiger partial charge in [0.15, 0.2) is 0 Å². The summed E-state index contributed by atoms with van der Waals surface area (Å²) in [6.45, 7) is 0. The van der Waals surface area contributed by atoms with E-state index in [2.05, 4.69) is 0 Å². The normalized spacial score (nSPS) is 7.56. The molecule has 0 saturated carbocycles. The van der Waals surface area contributed by atoms with E-state index in [1.807, 2.05) is 0 Å². The van der Waals surface area contributed by atoms with E-state index in [-0.39, 0.29) is 52.0 Å². The molecular formula is C4H7CaO4+3. The molecule has 0 saturated heterocycles. The molecule has 46 valence electrons. The Balaban J connectivity index is -0.000000245. The summed E-state index contributed by atoms with van der Waals surface area (Å²) in [5, 5.41) is 15.8. The Hall–Kier alpha value is 0.200. The summed E-state index contributed by atoms with van der Waals surface area (Å²) in [6.07, 6.45) is -0.593. The molecule has 0 bridgehead atoms. The van der Waals surface area contributed by atoms with Crippen LogP contribution in [0, 0.1) is 0 Å². The maximum Gasteiger partial charge on any atom is 2.00 e. The van der Waals surface area contributed by atoms with Gasteiger partial charge in [-0.1, -0.05) is 0 Å². The maximum atomic E-state index is 9.64. The molecule has 0 heterocycles. The van der Waals surface area contributed by atoms with Gasteiger partial charge < -0.3 is 10.2 Å². The van der Waals surface area contributed by atoms with Crippen LogP contribution in [0.15, 0.2) is 0 Å². The van der Waals surface area contributed by atoms with Crippen molar-refractivity contribution < 1.29 is 21.2 Å². The zero-order valence-electron chi connectivity index (χ0n) is 5.83. The summed E-state index contributed by atoms with van der Waals surface area (Å²) in [4.78, 5) is 19.3. The van der Waals surface area contributed by atoms with Crippen LogP contribution in [0.4, 0.5) is 0 Å². The zero-order valence-corrected chi connectivity index (χ0v) is 7.04. The van der Waals surface area contributed by atoms with Gasteiger partial charge in [-0.3, -0.25) is 9.59 Å². The van der Waals surface area contributed by atoms with E-state index in [1.165, 1.54) is 0 Å². The zero-order chi connectivity index (χ0) is 6.57. The van der Waals surface area contributed by atoms with Crippen molar-refractivity contribution in [1.82, 2.24) is 0 Å². The van der Waals surface area contributed by atoms with Gasteiger partial charge in [0.2, 0.25) is 0 Å². The average Bonchev–Trinajstić information content (AvgIpc) is 1.61. The van der Waals surface area contributed by atoms with Crippen LogP contribution in [-0.2, 0) is 9.59 Å². The average molecular weight is 159 g/mol. The van der Waals surface area contributed by atoms with Crippen LogP contribution in [0.2, 0.25) is 0 Å². The van der Waals surface area contributed by atoms with Crippen molar-refractivity contribution in [2.45, 2.75) is 12.8 Å². The Labute approximate surface area is 83.3 Å². The topological polar surface area (TPSA) is 74.6 Å². The third-order valence-electron chi connectivity index (χ3n) is 0.553. The summed E-state index contributed by atoms with van der Waals surface area (Å²) < 4.78 is 0. The number of hydrogen-bond donors (Lipinski definition) is 2. The predicted octanol–water partition coefficient (Wildman–Crippen LogP) is -0.333. The fourth-order valence-electron chi connectivity index (χ4n) is 0.214. The molecule has 4 nitrogen and oxygen atoms in total. The first kappa shape index (κ1) is 11.9. The number of carboxylic acid groups (broad SMARTS) is 2. The SMILES string of the molecule is O=C(O)CCC(=O)O.[Ca+2].[H+]. The quantitative estimate of drug-likeness (QED) is 0.553. The molecule has 2 N–H and O–H groups in total. The molecule has 0 rings (SSSR count). The minimum absolute atomic E-state index is 0. The van der Waals surface area contributed by atoms with Crippen LogP contribution in [0.3, 0.4) is 0 Å². The standard InChI is InChI=1S/C4H6O4.Ca/c5-3(6)1-2-4(7)8;/h1-2H2,(H,5,6)(H,7,8);/q;+2/p+1. The predicted molar refractivity (Wildman–Crippen MR) is 31.4 cm³/mol.